The van der Waals surface area contributed by atoms with E-state index in [0.717, 1.165) is 5.56 Å². The number of nitrogens with zero attached hydrogens (tertiary/aromatic N) is 4. The minimum absolute atomic E-state index is 0.0193. The molecule has 36 heavy (non-hydrogen) atoms. The van der Waals surface area contributed by atoms with Gasteiger partial charge in [0.15, 0.2) is 17.2 Å². The summed E-state index contributed by atoms with van der Waals surface area (Å²) in [6.45, 7) is 7.59. The van der Waals surface area contributed by atoms with Crippen LogP contribution in [0.25, 0.3) is 16.7 Å². The molecule has 3 N–H and O–H groups in total. The van der Waals surface area contributed by atoms with Gasteiger partial charge in [0.1, 0.15) is 11.6 Å². The number of Topliss-reactive ketones (excluding diaryl/α,β-unsaturated/α-hetero) is 1. The van der Waals surface area contributed by atoms with Crippen LogP contribution in [-0.4, -0.2) is 33.9 Å². The first-order valence-electron chi connectivity index (χ1n) is 11.2. The van der Waals surface area contributed by atoms with Crippen molar-refractivity contribution in [1.82, 2.24) is 19.7 Å². The fourth-order valence-electron chi connectivity index (χ4n) is 4.66. The molecule has 1 aromatic carbocycles. The molecule has 5 rings (SSSR count). The molecule has 0 fully saturated rings. The molecule has 0 aliphatic heterocycles. The zero-order valence-corrected chi connectivity index (χ0v) is 21.7. The number of aryl methyl sites for hydroxylation is 2. The molecular weight excluding hydrogens is 500 g/mol. The molecule has 3 aromatic heterocycles. The van der Waals surface area contributed by atoms with Crippen molar-refractivity contribution in [2.45, 2.75) is 45.4 Å². The van der Waals surface area contributed by atoms with Gasteiger partial charge in [0.2, 0.25) is 4.77 Å². The van der Waals surface area contributed by atoms with E-state index in [1.165, 1.54) is 18.2 Å². The molecule has 4 aromatic rings. The van der Waals surface area contributed by atoms with Gasteiger partial charge in [-0.1, -0.05) is 19.0 Å². The van der Waals surface area contributed by atoms with Crippen molar-refractivity contribution >= 4 is 50.7 Å². The lowest BCUT2D eigenvalue weighted by molar-refractivity contribution is 0.0910. The largest absolute Gasteiger partial charge is 0.384 e. The monoisotopic (exact) mass is 524 g/mol. The molecule has 186 valence electrons. The number of pyridine rings is 1. The second-order valence-electron chi connectivity index (χ2n) is 9.74. The number of benzene rings is 1. The number of hydrogen-bond acceptors (Lipinski definition) is 9. The Balaban J connectivity index is 1.59. The summed E-state index contributed by atoms with van der Waals surface area (Å²) in [4.78, 5) is 22.2. The number of nitrogens with one attached hydrogen (secondary N) is 1. The van der Waals surface area contributed by atoms with Gasteiger partial charge in [-0.2, -0.15) is 4.98 Å². The first-order valence-corrected chi connectivity index (χ1v) is 13.1. The molecule has 0 unspecified atom stereocenters. The Hall–Kier alpha value is -3.64. The summed E-state index contributed by atoms with van der Waals surface area (Å²) in [6, 6.07) is 7.50. The van der Waals surface area contributed by atoms with Gasteiger partial charge in [-0.15, -0.1) is 0 Å². The van der Waals surface area contributed by atoms with Crippen molar-refractivity contribution < 1.29 is 17.7 Å². The van der Waals surface area contributed by atoms with Gasteiger partial charge in [0.25, 0.3) is 10.0 Å². The SMILES string of the molecule is Cc1cc(NS(=O)(=O)c2ccc(-n3c(N)c4c(C)c5c(nc4nc3=S)CC(C)(C)CC5=O)cc2)no1. The molecular formula is C24H24N6O4S2. The van der Waals surface area contributed by atoms with Crippen LogP contribution in [0.15, 0.2) is 39.8 Å². The summed E-state index contributed by atoms with van der Waals surface area (Å²) >= 11 is 5.53. The van der Waals surface area contributed by atoms with Crippen molar-refractivity contribution in [2.24, 2.45) is 5.41 Å². The average Bonchev–Trinajstić information content (AvgIpc) is 3.16. The van der Waals surface area contributed by atoms with Crippen LogP contribution in [0.4, 0.5) is 11.6 Å². The summed E-state index contributed by atoms with van der Waals surface area (Å²) in [5, 5.41) is 4.21. The minimum atomic E-state index is -3.89. The number of sulfonamides is 1. The fraction of sp³-hybridized carbons (Fsp3) is 0.292. The van der Waals surface area contributed by atoms with Gasteiger partial charge in [0.05, 0.1) is 16.0 Å². The van der Waals surface area contributed by atoms with E-state index in [1.54, 1.807) is 23.6 Å². The normalized spacial score (nSPS) is 15.2. The molecule has 0 amide bonds. The first-order chi connectivity index (χ1) is 16.9. The zero-order chi connectivity index (χ0) is 26.0. The number of fused-ring (bicyclic) bond motifs is 2. The molecule has 3 heterocycles. The quantitative estimate of drug-likeness (QED) is 0.373. The first kappa shape index (κ1) is 24.1. The topological polar surface area (TPSA) is 146 Å². The Labute approximate surface area is 212 Å². The van der Waals surface area contributed by atoms with Crippen LogP contribution >= 0.6 is 12.2 Å². The van der Waals surface area contributed by atoms with Crippen molar-refractivity contribution in [1.29, 1.82) is 0 Å². The molecule has 1 aliphatic rings. The highest BCUT2D eigenvalue weighted by Gasteiger charge is 2.34. The van der Waals surface area contributed by atoms with E-state index in [-0.39, 0.29) is 32.5 Å². The molecule has 1 aliphatic carbocycles. The highest BCUT2D eigenvalue weighted by atomic mass is 32.2. The van der Waals surface area contributed by atoms with Gasteiger partial charge >= 0.3 is 0 Å². The van der Waals surface area contributed by atoms with E-state index in [9.17, 15) is 13.2 Å². The van der Waals surface area contributed by atoms with E-state index in [0.29, 0.717) is 46.6 Å². The second-order valence-corrected chi connectivity index (χ2v) is 11.8. The van der Waals surface area contributed by atoms with E-state index in [2.05, 4.69) is 19.8 Å². The summed E-state index contributed by atoms with van der Waals surface area (Å²) < 4.78 is 34.4. The Morgan fingerprint density at radius 1 is 1.14 bits per heavy atom. The lowest BCUT2D eigenvalue weighted by atomic mass is 9.74. The predicted molar refractivity (Wildman–Crippen MR) is 137 cm³/mol. The fourth-order valence-corrected chi connectivity index (χ4v) is 5.94. The Morgan fingerprint density at radius 3 is 2.47 bits per heavy atom. The van der Waals surface area contributed by atoms with Crippen molar-refractivity contribution in [2.75, 3.05) is 10.5 Å². The number of anilines is 2. The molecule has 0 spiro atoms. The lowest BCUT2D eigenvalue weighted by Gasteiger charge is -2.30. The van der Waals surface area contributed by atoms with E-state index >= 15 is 0 Å². The maximum absolute atomic E-state index is 13.0. The predicted octanol–water partition coefficient (Wildman–Crippen LogP) is 4.29. The number of hydrogen-bond donors (Lipinski definition) is 2. The van der Waals surface area contributed by atoms with Crippen molar-refractivity contribution in [3.05, 3.63) is 57.7 Å². The average molecular weight is 525 g/mol. The summed E-state index contributed by atoms with van der Waals surface area (Å²) in [5.74, 6) is 0.882. The maximum atomic E-state index is 13.0. The molecule has 0 bridgehead atoms. The number of rotatable bonds is 4. The third-order valence-electron chi connectivity index (χ3n) is 6.23. The lowest BCUT2D eigenvalue weighted by Crippen LogP contribution is -2.29. The third kappa shape index (κ3) is 4.05. The molecule has 0 saturated carbocycles. The smallest absolute Gasteiger partial charge is 0.263 e. The van der Waals surface area contributed by atoms with Crippen LogP contribution in [0.1, 0.15) is 47.6 Å². The number of carbonyl (C=O) groups is 1. The number of nitrogens with two attached hydrogens (primary N) is 1. The Bertz CT molecular complexity index is 1720. The van der Waals surface area contributed by atoms with Crippen LogP contribution in [-0.2, 0) is 16.4 Å². The second kappa shape index (κ2) is 8.20. The van der Waals surface area contributed by atoms with E-state index < -0.39 is 10.0 Å². The van der Waals surface area contributed by atoms with Gasteiger partial charge in [-0.25, -0.2) is 13.4 Å². The van der Waals surface area contributed by atoms with Gasteiger partial charge in [-0.3, -0.25) is 14.1 Å². The zero-order valence-electron chi connectivity index (χ0n) is 20.1. The van der Waals surface area contributed by atoms with Crippen molar-refractivity contribution in [3.8, 4) is 5.69 Å². The number of carbonyl (C=O) groups excluding carboxylic acids is 1. The number of nitrogen functional groups attached to an aromatic ring is 1. The van der Waals surface area contributed by atoms with Crippen LogP contribution in [0.2, 0.25) is 0 Å². The van der Waals surface area contributed by atoms with Gasteiger partial charge < -0.3 is 10.3 Å². The Morgan fingerprint density at radius 2 is 1.83 bits per heavy atom. The highest BCUT2D eigenvalue weighted by Crippen LogP contribution is 2.38. The number of aromatic nitrogens is 4. The highest BCUT2D eigenvalue weighted by molar-refractivity contribution is 7.92. The standard InChI is InChI=1S/C24H24N6O4S2/c1-12-9-18(28-34-12)29-36(32,33)15-7-5-14(6-8-15)30-21(25)20-13(2)19-16(26-22(20)27-23(30)35)10-24(3,4)11-17(19)31/h5-9H,10-11,25H2,1-4H3,(H,28,29). The molecule has 0 atom stereocenters. The van der Waals surface area contributed by atoms with Crippen molar-refractivity contribution in [3.63, 3.8) is 0 Å². The van der Waals surface area contributed by atoms with Crippen LogP contribution in [0, 0.1) is 24.0 Å². The summed E-state index contributed by atoms with van der Waals surface area (Å²) in [6.07, 6.45) is 1.09. The van der Waals surface area contributed by atoms with Crippen LogP contribution < -0.4 is 10.5 Å². The van der Waals surface area contributed by atoms with E-state index in [1.807, 2.05) is 20.8 Å². The maximum Gasteiger partial charge on any atom is 0.263 e. The van der Waals surface area contributed by atoms with Gasteiger partial charge in [-0.05, 0) is 67.7 Å². The summed E-state index contributed by atoms with van der Waals surface area (Å²) in [7, 11) is -3.89. The minimum Gasteiger partial charge on any atom is -0.384 e. The summed E-state index contributed by atoms with van der Waals surface area (Å²) in [5.41, 5.74) is 9.32. The van der Waals surface area contributed by atoms with E-state index in [4.69, 9.17) is 22.5 Å². The molecule has 10 nitrogen and oxygen atoms in total. The molecule has 12 heteroatoms. The number of ketones is 1. The van der Waals surface area contributed by atoms with Crippen LogP contribution in [0.5, 0.6) is 0 Å². The molecule has 0 saturated heterocycles. The third-order valence-corrected chi connectivity index (χ3v) is 7.87. The van der Waals surface area contributed by atoms with Crippen LogP contribution in [0.3, 0.4) is 0 Å². The molecule has 0 radical (unpaired) electrons. The Kier molecular flexibility index (Phi) is 5.49. The van der Waals surface area contributed by atoms with Gasteiger partial charge in [0, 0.05) is 23.7 Å².